The van der Waals surface area contributed by atoms with Crippen LogP contribution in [-0.2, 0) is 5.75 Å². The molecule has 1 amide bonds. The highest BCUT2D eigenvalue weighted by atomic mass is 32.2. The van der Waals surface area contributed by atoms with Crippen molar-refractivity contribution in [2.24, 2.45) is 5.92 Å². The van der Waals surface area contributed by atoms with Crippen LogP contribution in [0.4, 0.5) is 11.4 Å². The molecule has 3 aromatic rings. The van der Waals surface area contributed by atoms with Crippen molar-refractivity contribution in [1.82, 2.24) is 4.98 Å². The van der Waals surface area contributed by atoms with Crippen molar-refractivity contribution in [3.05, 3.63) is 70.7 Å². The normalized spacial score (nSPS) is 16.3. The number of anilines is 2. The van der Waals surface area contributed by atoms with Crippen molar-refractivity contribution in [1.29, 1.82) is 0 Å². The minimum Gasteiger partial charge on any atom is -0.371 e. The molecule has 0 bridgehead atoms. The fourth-order valence-corrected chi connectivity index (χ4v) is 4.98. The molecule has 1 aromatic heterocycles. The fourth-order valence-electron chi connectivity index (χ4n) is 3.36. The van der Waals surface area contributed by atoms with E-state index in [2.05, 4.69) is 34.3 Å². The Bertz CT molecular complexity index is 925. The highest BCUT2D eigenvalue weighted by Gasteiger charge is 2.19. The molecular weight excluding hydrogens is 386 g/mol. The Kier molecular flexibility index (Phi) is 5.98. The van der Waals surface area contributed by atoms with Gasteiger partial charge < -0.3 is 10.2 Å². The summed E-state index contributed by atoms with van der Waals surface area (Å²) in [5.41, 5.74) is 5.61. The van der Waals surface area contributed by atoms with Gasteiger partial charge in [0, 0.05) is 40.5 Å². The van der Waals surface area contributed by atoms with Gasteiger partial charge in [-0.2, -0.15) is 0 Å². The number of hydrogen-bond acceptors (Lipinski definition) is 5. The second-order valence-corrected chi connectivity index (χ2v) is 8.84. The molecule has 1 fully saturated rings. The maximum absolute atomic E-state index is 12.8. The third-order valence-corrected chi connectivity index (χ3v) is 6.65. The molecule has 1 atom stereocenters. The summed E-state index contributed by atoms with van der Waals surface area (Å²) in [5, 5.41) is 5.07. The summed E-state index contributed by atoms with van der Waals surface area (Å²) in [5.74, 6) is 1.43. The number of nitrogens with one attached hydrogen (secondary N) is 1. The molecule has 0 saturated carbocycles. The van der Waals surface area contributed by atoms with Crippen LogP contribution >= 0.6 is 23.1 Å². The average Bonchev–Trinajstić information content (AvgIpc) is 3.39. The molecule has 0 aliphatic carbocycles. The first-order valence-electron chi connectivity index (χ1n) is 9.44. The lowest BCUT2D eigenvalue weighted by Gasteiger charge is -2.18. The van der Waals surface area contributed by atoms with Gasteiger partial charge in [-0.15, -0.1) is 23.1 Å². The Morgan fingerprint density at radius 1 is 1.25 bits per heavy atom. The van der Waals surface area contributed by atoms with Gasteiger partial charge in [-0.3, -0.25) is 4.79 Å². The smallest absolute Gasteiger partial charge is 0.256 e. The molecule has 4 rings (SSSR count). The molecule has 1 aliphatic heterocycles. The van der Waals surface area contributed by atoms with E-state index < -0.39 is 0 Å². The molecule has 0 spiro atoms. The number of thioether (sulfide) groups is 1. The zero-order valence-corrected chi connectivity index (χ0v) is 17.4. The lowest BCUT2D eigenvalue weighted by molar-refractivity contribution is 0.102. The van der Waals surface area contributed by atoms with Crippen LogP contribution in [0.3, 0.4) is 0 Å². The number of rotatable bonds is 6. The van der Waals surface area contributed by atoms with Gasteiger partial charge in [-0.1, -0.05) is 19.1 Å². The number of amides is 1. The van der Waals surface area contributed by atoms with Gasteiger partial charge in [0.1, 0.15) is 0 Å². The van der Waals surface area contributed by atoms with Crippen LogP contribution < -0.4 is 10.2 Å². The van der Waals surface area contributed by atoms with Crippen molar-refractivity contribution in [3.63, 3.8) is 0 Å². The van der Waals surface area contributed by atoms with Gasteiger partial charge in [-0.05, 0) is 48.7 Å². The first-order chi connectivity index (χ1) is 13.7. The quantitative estimate of drug-likeness (QED) is 0.544. The van der Waals surface area contributed by atoms with Gasteiger partial charge in [-0.25, -0.2) is 4.98 Å². The van der Waals surface area contributed by atoms with Crippen molar-refractivity contribution in [2.45, 2.75) is 24.0 Å². The van der Waals surface area contributed by atoms with Crippen molar-refractivity contribution < 1.29 is 4.79 Å². The molecule has 0 radical (unpaired) electrons. The summed E-state index contributed by atoms with van der Waals surface area (Å²) in [6, 6.07) is 15.9. The maximum Gasteiger partial charge on any atom is 0.256 e. The minimum absolute atomic E-state index is 0.0797. The molecule has 4 nitrogen and oxygen atoms in total. The number of hydrogen-bond donors (Lipinski definition) is 1. The molecular formula is C22H23N3OS2. The predicted octanol–water partition coefficient (Wildman–Crippen LogP) is 5.53. The fraction of sp³-hybridized carbons (Fsp3) is 0.273. The summed E-state index contributed by atoms with van der Waals surface area (Å²) < 4.78 is 0. The number of carbonyl (C=O) groups excluding carboxylic acids is 1. The third kappa shape index (κ3) is 4.56. The van der Waals surface area contributed by atoms with E-state index in [9.17, 15) is 4.79 Å². The lowest BCUT2D eigenvalue weighted by Crippen LogP contribution is -2.19. The summed E-state index contributed by atoms with van der Waals surface area (Å²) in [7, 11) is 0. The Morgan fingerprint density at radius 3 is 2.79 bits per heavy atom. The van der Waals surface area contributed by atoms with Gasteiger partial charge >= 0.3 is 0 Å². The largest absolute Gasteiger partial charge is 0.371 e. The third-order valence-electron chi connectivity index (χ3n) is 4.90. The highest BCUT2D eigenvalue weighted by Crippen LogP contribution is 2.28. The number of thiazole rings is 1. The standard InChI is InChI=1S/C22H23N3OS2/c1-16-10-11-25(12-16)19-8-6-17(7-9-19)24-22(26)20-4-2-3-5-21(20)28-14-18-13-27-15-23-18/h2-9,13,15-16H,10-12,14H2,1H3,(H,24,26). The molecule has 144 valence electrons. The van der Waals surface area contributed by atoms with E-state index in [0.717, 1.165) is 41.0 Å². The molecule has 1 saturated heterocycles. The van der Waals surface area contributed by atoms with E-state index in [4.69, 9.17) is 0 Å². The maximum atomic E-state index is 12.8. The van der Waals surface area contributed by atoms with Crippen molar-refractivity contribution in [3.8, 4) is 0 Å². The molecule has 2 heterocycles. The van der Waals surface area contributed by atoms with E-state index in [1.165, 1.54) is 12.1 Å². The van der Waals surface area contributed by atoms with Crippen LogP contribution in [0.15, 0.2) is 64.3 Å². The van der Waals surface area contributed by atoms with Crippen molar-refractivity contribution >= 4 is 40.4 Å². The van der Waals surface area contributed by atoms with Crippen LogP contribution in [0.2, 0.25) is 0 Å². The molecule has 6 heteroatoms. The molecule has 1 unspecified atom stereocenters. The second-order valence-electron chi connectivity index (χ2n) is 7.11. The van der Waals surface area contributed by atoms with E-state index in [1.807, 2.05) is 47.3 Å². The molecule has 2 aromatic carbocycles. The number of aromatic nitrogens is 1. The van der Waals surface area contributed by atoms with Gasteiger partial charge in [0.05, 0.1) is 16.8 Å². The number of benzene rings is 2. The number of carbonyl (C=O) groups is 1. The van der Waals surface area contributed by atoms with Gasteiger partial charge in [0.25, 0.3) is 5.91 Å². The molecule has 28 heavy (non-hydrogen) atoms. The van der Waals surface area contributed by atoms with E-state index in [1.54, 1.807) is 23.1 Å². The summed E-state index contributed by atoms with van der Waals surface area (Å²) in [6.45, 7) is 4.50. The first-order valence-corrected chi connectivity index (χ1v) is 11.4. The summed E-state index contributed by atoms with van der Waals surface area (Å²) >= 11 is 3.23. The zero-order chi connectivity index (χ0) is 19.3. The van der Waals surface area contributed by atoms with Gasteiger partial charge in [0.15, 0.2) is 0 Å². The lowest BCUT2D eigenvalue weighted by atomic mass is 10.2. The second kappa shape index (κ2) is 8.80. The first kappa shape index (κ1) is 19.0. The van der Waals surface area contributed by atoms with Crippen LogP contribution in [0.1, 0.15) is 29.4 Å². The summed E-state index contributed by atoms with van der Waals surface area (Å²) in [6.07, 6.45) is 1.24. The van der Waals surface area contributed by atoms with Gasteiger partial charge in [0.2, 0.25) is 0 Å². The number of nitrogens with zero attached hydrogens (tertiary/aromatic N) is 2. The van der Waals surface area contributed by atoms with Crippen LogP contribution in [-0.4, -0.2) is 24.0 Å². The average molecular weight is 410 g/mol. The SMILES string of the molecule is CC1CCN(c2ccc(NC(=O)c3ccccc3SCc3cscn3)cc2)C1. The van der Waals surface area contributed by atoms with E-state index >= 15 is 0 Å². The Hall–Kier alpha value is -2.31. The monoisotopic (exact) mass is 409 g/mol. The highest BCUT2D eigenvalue weighted by molar-refractivity contribution is 7.98. The van der Waals surface area contributed by atoms with Crippen molar-refractivity contribution in [2.75, 3.05) is 23.3 Å². The minimum atomic E-state index is -0.0797. The Labute approximate surface area is 174 Å². The zero-order valence-electron chi connectivity index (χ0n) is 15.8. The summed E-state index contributed by atoms with van der Waals surface area (Å²) in [4.78, 5) is 20.5. The van der Waals surface area contributed by atoms with Crippen LogP contribution in [0.5, 0.6) is 0 Å². The Morgan fingerprint density at radius 2 is 2.07 bits per heavy atom. The Balaban J connectivity index is 1.42. The van der Waals surface area contributed by atoms with Crippen LogP contribution in [0, 0.1) is 5.92 Å². The molecule has 1 aliphatic rings. The van der Waals surface area contributed by atoms with Crippen LogP contribution in [0.25, 0.3) is 0 Å². The van der Waals surface area contributed by atoms with E-state index in [-0.39, 0.29) is 5.91 Å². The van der Waals surface area contributed by atoms with E-state index in [0.29, 0.717) is 5.56 Å². The molecule has 1 N–H and O–H groups in total. The topological polar surface area (TPSA) is 45.2 Å². The predicted molar refractivity (Wildman–Crippen MR) is 119 cm³/mol.